The molecule has 0 aromatic heterocycles. The summed E-state index contributed by atoms with van der Waals surface area (Å²) in [5, 5.41) is 3.35. The molecule has 1 amide bonds. The average molecular weight is 443 g/mol. The zero-order chi connectivity index (χ0) is 23.0. The van der Waals surface area contributed by atoms with Crippen LogP contribution in [0, 0.1) is 0 Å². The highest BCUT2D eigenvalue weighted by Crippen LogP contribution is 2.21. The number of hydrogen-bond acceptors (Lipinski definition) is 4. The van der Waals surface area contributed by atoms with Gasteiger partial charge < -0.3 is 15.1 Å². The van der Waals surface area contributed by atoms with Gasteiger partial charge in [0.15, 0.2) is 0 Å². The molecule has 1 fully saturated rings. The fourth-order valence-corrected chi connectivity index (χ4v) is 4.35. The minimum Gasteiger partial charge on any atom is -0.374 e. The van der Waals surface area contributed by atoms with Crippen LogP contribution < -0.4 is 10.2 Å². The molecule has 33 heavy (non-hydrogen) atoms. The summed E-state index contributed by atoms with van der Waals surface area (Å²) in [5.41, 5.74) is 4.71. The molecule has 1 saturated heterocycles. The van der Waals surface area contributed by atoms with Gasteiger partial charge in [0.05, 0.1) is 0 Å². The van der Waals surface area contributed by atoms with Crippen LogP contribution in [0.15, 0.2) is 84.9 Å². The first-order chi connectivity index (χ1) is 16.1. The third-order valence-electron chi connectivity index (χ3n) is 6.25. The van der Waals surface area contributed by atoms with Gasteiger partial charge in [-0.05, 0) is 42.3 Å². The van der Waals surface area contributed by atoms with E-state index in [0.717, 1.165) is 44.0 Å². The summed E-state index contributed by atoms with van der Waals surface area (Å²) in [6, 6.07) is 28.9. The normalized spacial score (nSPS) is 15.2. The smallest absolute Gasteiger partial charge is 0.244 e. The predicted octanol–water partition coefficient (Wildman–Crippen LogP) is 4.47. The summed E-state index contributed by atoms with van der Waals surface area (Å²) in [5.74, 6) is 0.0810. The Morgan fingerprint density at radius 2 is 1.42 bits per heavy atom. The summed E-state index contributed by atoms with van der Waals surface area (Å²) < 4.78 is 0. The third kappa shape index (κ3) is 6.36. The van der Waals surface area contributed by atoms with E-state index in [2.05, 4.69) is 69.7 Å². The molecular formula is C28H34N4O. The van der Waals surface area contributed by atoms with E-state index in [0.29, 0.717) is 6.54 Å². The second-order valence-corrected chi connectivity index (χ2v) is 8.84. The lowest BCUT2D eigenvalue weighted by molar-refractivity contribution is -0.130. The first kappa shape index (κ1) is 22.9. The predicted molar refractivity (Wildman–Crippen MR) is 136 cm³/mol. The minimum absolute atomic E-state index is 0.0810. The second-order valence-electron chi connectivity index (χ2n) is 8.84. The molecule has 172 valence electrons. The van der Waals surface area contributed by atoms with Crippen LogP contribution in [0.3, 0.4) is 0 Å². The van der Waals surface area contributed by atoms with E-state index < -0.39 is 0 Å². The number of likely N-dealkylation sites (N-methyl/N-ethyl adjacent to an activating group) is 1. The van der Waals surface area contributed by atoms with Crippen LogP contribution in [0.1, 0.15) is 18.1 Å². The molecule has 1 aliphatic rings. The molecule has 5 nitrogen and oxygen atoms in total. The van der Waals surface area contributed by atoms with Gasteiger partial charge >= 0.3 is 0 Å². The number of benzene rings is 3. The number of carbonyl (C=O) groups is 1. The van der Waals surface area contributed by atoms with Crippen molar-refractivity contribution in [2.45, 2.75) is 26.1 Å². The molecule has 3 aromatic carbocycles. The summed E-state index contributed by atoms with van der Waals surface area (Å²) in [4.78, 5) is 19.5. The molecule has 5 heteroatoms. The fraction of sp³-hybridized carbons (Fsp3) is 0.321. The van der Waals surface area contributed by atoms with Crippen molar-refractivity contribution in [1.82, 2.24) is 9.80 Å². The Morgan fingerprint density at radius 3 is 2.03 bits per heavy atom. The van der Waals surface area contributed by atoms with Crippen LogP contribution in [0.4, 0.5) is 11.4 Å². The Hall–Kier alpha value is -3.31. The molecule has 1 N–H and O–H groups in total. The quantitative estimate of drug-likeness (QED) is 0.559. The molecule has 1 aliphatic heterocycles. The van der Waals surface area contributed by atoms with Gasteiger partial charge in [0.2, 0.25) is 5.91 Å². The van der Waals surface area contributed by atoms with Crippen molar-refractivity contribution in [2.75, 3.05) is 43.4 Å². The molecule has 4 rings (SSSR count). The Kier molecular flexibility index (Phi) is 7.63. The second kappa shape index (κ2) is 11.0. The van der Waals surface area contributed by atoms with Gasteiger partial charge in [0.25, 0.3) is 0 Å². The maximum Gasteiger partial charge on any atom is 0.244 e. The topological polar surface area (TPSA) is 38.8 Å². The van der Waals surface area contributed by atoms with Crippen molar-refractivity contribution in [3.8, 4) is 0 Å². The summed E-state index contributed by atoms with van der Waals surface area (Å²) >= 11 is 0. The van der Waals surface area contributed by atoms with Crippen molar-refractivity contribution in [3.63, 3.8) is 0 Å². The number of anilines is 2. The number of nitrogens with one attached hydrogen (secondary N) is 1. The molecule has 0 radical (unpaired) electrons. The molecular weight excluding hydrogens is 408 g/mol. The van der Waals surface area contributed by atoms with E-state index in [-0.39, 0.29) is 11.9 Å². The molecule has 0 unspecified atom stereocenters. The van der Waals surface area contributed by atoms with Gasteiger partial charge in [0, 0.05) is 57.7 Å². The van der Waals surface area contributed by atoms with Crippen LogP contribution in [0.5, 0.6) is 0 Å². The Morgan fingerprint density at radius 1 is 0.848 bits per heavy atom. The molecule has 1 atom stereocenters. The SMILES string of the molecule is C[C@@H](Nc1ccc(N2CCN(Cc3ccccc3)CC2)cc1)C(=O)N(C)Cc1ccccc1. The molecule has 1 heterocycles. The molecule has 0 aliphatic carbocycles. The van der Waals surface area contributed by atoms with E-state index in [1.165, 1.54) is 11.3 Å². The van der Waals surface area contributed by atoms with Crippen LogP contribution in [-0.4, -0.2) is 55.0 Å². The molecule has 3 aromatic rings. The maximum absolute atomic E-state index is 12.8. The van der Waals surface area contributed by atoms with Crippen LogP contribution in [0.25, 0.3) is 0 Å². The van der Waals surface area contributed by atoms with Crippen molar-refractivity contribution >= 4 is 17.3 Å². The highest BCUT2D eigenvalue weighted by atomic mass is 16.2. The number of carbonyl (C=O) groups excluding carboxylic acids is 1. The van der Waals surface area contributed by atoms with Crippen LogP contribution in [0.2, 0.25) is 0 Å². The number of rotatable bonds is 8. The monoisotopic (exact) mass is 442 g/mol. The number of hydrogen-bond donors (Lipinski definition) is 1. The Labute approximate surface area is 197 Å². The average Bonchev–Trinajstić information content (AvgIpc) is 2.86. The zero-order valence-corrected chi connectivity index (χ0v) is 19.7. The lowest BCUT2D eigenvalue weighted by Gasteiger charge is -2.36. The summed E-state index contributed by atoms with van der Waals surface area (Å²) in [7, 11) is 1.86. The largest absolute Gasteiger partial charge is 0.374 e. The van der Waals surface area contributed by atoms with Crippen molar-refractivity contribution in [1.29, 1.82) is 0 Å². The first-order valence-corrected chi connectivity index (χ1v) is 11.8. The van der Waals surface area contributed by atoms with Gasteiger partial charge in [-0.1, -0.05) is 60.7 Å². The maximum atomic E-state index is 12.8. The van der Waals surface area contributed by atoms with Gasteiger partial charge in [-0.25, -0.2) is 0 Å². The highest BCUT2D eigenvalue weighted by Gasteiger charge is 2.19. The highest BCUT2D eigenvalue weighted by molar-refractivity contribution is 5.84. The standard InChI is InChI=1S/C28H34N4O/c1-23(28(33)30(2)21-24-9-5-3-6-10-24)29-26-13-15-27(16-14-26)32-19-17-31(18-20-32)22-25-11-7-4-8-12-25/h3-16,23,29H,17-22H2,1-2H3/t23-/m1/s1. The Balaban J connectivity index is 1.25. The van der Waals surface area contributed by atoms with E-state index >= 15 is 0 Å². The minimum atomic E-state index is -0.286. The van der Waals surface area contributed by atoms with E-state index in [1.807, 2.05) is 44.3 Å². The van der Waals surface area contributed by atoms with Gasteiger partial charge in [-0.2, -0.15) is 0 Å². The molecule has 0 spiro atoms. The van der Waals surface area contributed by atoms with Crippen molar-refractivity contribution in [2.24, 2.45) is 0 Å². The Bertz CT molecular complexity index is 999. The first-order valence-electron chi connectivity index (χ1n) is 11.8. The molecule has 0 saturated carbocycles. The van der Waals surface area contributed by atoms with Gasteiger partial charge in [0.1, 0.15) is 6.04 Å². The fourth-order valence-electron chi connectivity index (χ4n) is 4.35. The van der Waals surface area contributed by atoms with E-state index in [1.54, 1.807) is 4.90 Å². The summed E-state index contributed by atoms with van der Waals surface area (Å²) in [6.07, 6.45) is 0. The third-order valence-corrected chi connectivity index (χ3v) is 6.25. The van der Waals surface area contributed by atoms with Gasteiger partial charge in [-0.15, -0.1) is 0 Å². The number of amides is 1. The lowest BCUT2D eigenvalue weighted by Crippen LogP contribution is -2.45. The van der Waals surface area contributed by atoms with E-state index in [9.17, 15) is 4.79 Å². The summed E-state index contributed by atoms with van der Waals surface area (Å²) in [6.45, 7) is 7.73. The zero-order valence-electron chi connectivity index (χ0n) is 19.7. The molecule has 0 bridgehead atoms. The van der Waals surface area contributed by atoms with Crippen molar-refractivity contribution in [3.05, 3.63) is 96.1 Å². The number of piperazine rings is 1. The van der Waals surface area contributed by atoms with Gasteiger partial charge in [-0.3, -0.25) is 9.69 Å². The number of nitrogens with zero attached hydrogens (tertiary/aromatic N) is 3. The van der Waals surface area contributed by atoms with E-state index in [4.69, 9.17) is 0 Å². The van der Waals surface area contributed by atoms with Crippen molar-refractivity contribution < 1.29 is 4.79 Å². The van der Waals surface area contributed by atoms with Crippen LogP contribution in [-0.2, 0) is 17.9 Å². The van der Waals surface area contributed by atoms with Crippen LogP contribution >= 0.6 is 0 Å². The lowest BCUT2D eigenvalue weighted by atomic mass is 10.1.